The minimum Gasteiger partial charge on any atom is -0.308 e. The lowest BCUT2D eigenvalue weighted by Crippen LogP contribution is -2.33. The molecule has 0 aliphatic carbocycles. The highest BCUT2D eigenvalue weighted by molar-refractivity contribution is 5.30. The molecule has 2 aromatic heterocycles. The molecule has 5 nitrogen and oxygen atoms in total. The first-order valence-electron chi connectivity index (χ1n) is 7.55. The Balaban J connectivity index is 1.59. The summed E-state index contributed by atoms with van der Waals surface area (Å²) in [5, 5.41) is 12.3. The van der Waals surface area contributed by atoms with Gasteiger partial charge >= 0.3 is 0 Å². The summed E-state index contributed by atoms with van der Waals surface area (Å²) in [7, 11) is 0. The molecule has 2 unspecified atom stereocenters. The second kappa shape index (κ2) is 6.58. The summed E-state index contributed by atoms with van der Waals surface area (Å²) in [5.41, 5.74) is 2.25. The van der Waals surface area contributed by atoms with Crippen molar-refractivity contribution in [2.45, 2.75) is 32.5 Å². The van der Waals surface area contributed by atoms with Crippen LogP contribution in [0.15, 0.2) is 61.2 Å². The quantitative estimate of drug-likeness (QED) is 0.760. The number of para-hydroxylation sites is 1. The minimum absolute atomic E-state index is 0.305. The lowest BCUT2D eigenvalue weighted by Gasteiger charge is -2.21. The van der Waals surface area contributed by atoms with Crippen molar-refractivity contribution >= 4 is 0 Å². The van der Waals surface area contributed by atoms with E-state index >= 15 is 0 Å². The van der Waals surface area contributed by atoms with E-state index < -0.39 is 0 Å². The fourth-order valence-corrected chi connectivity index (χ4v) is 2.37. The smallest absolute Gasteiger partial charge is 0.0645 e. The molecule has 0 aliphatic rings. The molecule has 0 aliphatic heterocycles. The number of hydrogen-bond acceptors (Lipinski definition) is 3. The van der Waals surface area contributed by atoms with Crippen LogP contribution < -0.4 is 5.32 Å². The number of nitrogens with one attached hydrogen (secondary N) is 1. The molecule has 0 radical (unpaired) electrons. The molecule has 1 aromatic carbocycles. The maximum atomic E-state index is 4.42. The SMILES string of the molecule is CC(NCc1cnn(-c2ccccc2)c1)C(C)n1cccn1. The molecule has 0 spiro atoms. The van der Waals surface area contributed by atoms with Crippen molar-refractivity contribution in [2.24, 2.45) is 0 Å². The molecular formula is C17H21N5. The zero-order valence-corrected chi connectivity index (χ0v) is 12.9. The van der Waals surface area contributed by atoms with Gasteiger partial charge in [-0.2, -0.15) is 10.2 Å². The van der Waals surface area contributed by atoms with Gasteiger partial charge in [-0.05, 0) is 32.0 Å². The van der Waals surface area contributed by atoms with Crippen molar-refractivity contribution in [1.29, 1.82) is 0 Å². The number of hydrogen-bond donors (Lipinski definition) is 1. The second-order valence-corrected chi connectivity index (χ2v) is 5.52. The molecule has 3 aromatic rings. The Morgan fingerprint density at radius 3 is 2.64 bits per heavy atom. The van der Waals surface area contributed by atoms with Crippen LogP contribution >= 0.6 is 0 Å². The first-order chi connectivity index (χ1) is 10.7. The molecule has 114 valence electrons. The van der Waals surface area contributed by atoms with Crippen LogP contribution in [0.4, 0.5) is 0 Å². The predicted molar refractivity (Wildman–Crippen MR) is 86.8 cm³/mol. The Morgan fingerprint density at radius 2 is 1.91 bits per heavy atom. The van der Waals surface area contributed by atoms with Gasteiger partial charge in [-0.25, -0.2) is 4.68 Å². The van der Waals surface area contributed by atoms with Crippen LogP contribution in [-0.2, 0) is 6.54 Å². The Labute approximate surface area is 130 Å². The minimum atomic E-state index is 0.305. The third kappa shape index (κ3) is 3.26. The molecule has 22 heavy (non-hydrogen) atoms. The number of nitrogens with zero attached hydrogens (tertiary/aromatic N) is 4. The molecule has 0 saturated heterocycles. The van der Waals surface area contributed by atoms with E-state index in [2.05, 4.69) is 35.6 Å². The molecule has 5 heteroatoms. The number of aromatic nitrogens is 4. The zero-order valence-electron chi connectivity index (χ0n) is 12.9. The standard InChI is InChI=1S/C17H21N5/c1-14(15(2)21-10-6-9-19-21)18-11-16-12-20-22(13-16)17-7-4-3-5-8-17/h3-10,12-15,18H,11H2,1-2H3. The Hall–Kier alpha value is -2.40. The van der Waals surface area contributed by atoms with Gasteiger partial charge in [0.05, 0.1) is 17.9 Å². The fraction of sp³-hybridized carbons (Fsp3) is 0.294. The van der Waals surface area contributed by atoms with Gasteiger partial charge in [0.1, 0.15) is 0 Å². The first-order valence-corrected chi connectivity index (χ1v) is 7.55. The van der Waals surface area contributed by atoms with E-state index in [4.69, 9.17) is 0 Å². The fourth-order valence-electron chi connectivity index (χ4n) is 2.37. The molecule has 0 fully saturated rings. The van der Waals surface area contributed by atoms with Crippen molar-refractivity contribution in [3.8, 4) is 5.69 Å². The molecule has 1 N–H and O–H groups in total. The largest absolute Gasteiger partial charge is 0.308 e. The number of benzene rings is 1. The summed E-state index contributed by atoms with van der Waals surface area (Å²) >= 11 is 0. The predicted octanol–water partition coefficient (Wildman–Crippen LogP) is 2.81. The van der Waals surface area contributed by atoms with E-state index in [0.717, 1.165) is 12.2 Å². The van der Waals surface area contributed by atoms with Crippen molar-refractivity contribution in [1.82, 2.24) is 24.9 Å². The highest BCUT2D eigenvalue weighted by Gasteiger charge is 2.13. The topological polar surface area (TPSA) is 47.7 Å². The van der Waals surface area contributed by atoms with Crippen molar-refractivity contribution in [2.75, 3.05) is 0 Å². The molecular weight excluding hydrogens is 274 g/mol. The summed E-state index contributed by atoms with van der Waals surface area (Å²) in [6.45, 7) is 5.13. The Bertz CT molecular complexity index is 687. The molecule has 3 rings (SSSR count). The normalized spacial score (nSPS) is 13.9. The summed E-state index contributed by atoms with van der Waals surface area (Å²) in [6, 6.07) is 12.7. The van der Waals surface area contributed by atoms with Crippen LogP contribution in [0.3, 0.4) is 0 Å². The van der Waals surface area contributed by atoms with Gasteiger partial charge in [-0.1, -0.05) is 18.2 Å². The van der Waals surface area contributed by atoms with Gasteiger partial charge in [0.2, 0.25) is 0 Å². The van der Waals surface area contributed by atoms with Crippen LogP contribution in [-0.4, -0.2) is 25.6 Å². The maximum absolute atomic E-state index is 4.42. The summed E-state index contributed by atoms with van der Waals surface area (Å²) in [5.74, 6) is 0. The molecule has 0 amide bonds. The van der Waals surface area contributed by atoms with E-state index in [1.54, 1.807) is 0 Å². The third-order valence-corrected chi connectivity index (χ3v) is 3.95. The van der Waals surface area contributed by atoms with Gasteiger partial charge in [0, 0.05) is 36.7 Å². The Morgan fingerprint density at radius 1 is 1.09 bits per heavy atom. The van der Waals surface area contributed by atoms with Gasteiger partial charge in [-0.3, -0.25) is 4.68 Å². The highest BCUT2D eigenvalue weighted by Crippen LogP contribution is 2.11. The average Bonchev–Trinajstić information content (AvgIpc) is 3.24. The highest BCUT2D eigenvalue weighted by atomic mass is 15.3. The van der Waals surface area contributed by atoms with Crippen LogP contribution in [0, 0.1) is 0 Å². The van der Waals surface area contributed by atoms with Crippen LogP contribution in [0.2, 0.25) is 0 Å². The molecule has 2 heterocycles. The second-order valence-electron chi connectivity index (χ2n) is 5.52. The Kier molecular flexibility index (Phi) is 4.34. The van der Waals surface area contributed by atoms with Crippen LogP contribution in [0.25, 0.3) is 5.69 Å². The van der Waals surface area contributed by atoms with Gasteiger partial charge in [0.15, 0.2) is 0 Å². The summed E-state index contributed by atoms with van der Waals surface area (Å²) < 4.78 is 3.88. The first kappa shape index (κ1) is 14.5. The van der Waals surface area contributed by atoms with Gasteiger partial charge in [0.25, 0.3) is 0 Å². The van der Waals surface area contributed by atoms with Gasteiger partial charge < -0.3 is 5.32 Å². The van der Waals surface area contributed by atoms with E-state index in [9.17, 15) is 0 Å². The van der Waals surface area contributed by atoms with Crippen LogP contribution in [0.5, 0.6) is 0 Å². The van der Waals surface area contributed by atoms with Crippen molar-refractivity contribution < 1.29 is 0 Å². The van der Waals surface area contributed by atoms with Crippen molar-refractivity contribution in [3.63, 3.8) is 0 Å². The maximum Gasteiger partial charge on any atom is 0.0645 e. The molecule has 0 bridgehead atoms. The monoisotopic (exact) mass is 295 g/mol. The molecule has 0 saturated carbocycles. The zero-order chi connectivity index (χ0) is 15.4. The van der Waals surface area contributed by atoms with E-state index in [1.165, 1.54) is 5.56 Å². The van der Waals surface area contributed by atoms with E-state index in [1.807, 2.05) is 64.4 Å². The van der Waals surface area contributed by atoms with E-state index in [-0.39, 0.29) is 0 Å². The number of rotatable bonds is 6. The third-order valence-electron chi connectivity index (χ3n) is 3.95. The van der Waals surface area contributed by atoms with Gasteiger partial charge in [-0.15, -0.1) is 0 Å². The lowest BCUT2D eigenvalue weighted by molar-refractivity contribution is 0.365. The van der Waals surface area contributed by atoms with E-state index in [0.29, 0.717) is 12.1 Å². The lowest BCUT2D eigenvalue weighted by atomic mass is 10.1. The van der Waals surface area contributed by atoms with Crippen LogP contribution in [0.1, 0.15) is 25.5 Å². The summed E-state index contributed by atoms with van der Waals surface area (Å²) in [6.07, 6.45) is 7.78. The van der Waals surface area contributed by atoms with Crippen molar-refractivity contribution in [3.05, 3.63) is 66.7 Å². The molecule has 2 atom stereocenters. The summed E-state index contributed by atoms with van der Waals surface area (Å²) in [4.78, 5) is 0. The average molecular weight is 295 g/mol.